The molecule has 21 heavy (non-hydrogen) atoms. The topological polar surface area (TPSA) is 18.5 Å². The normalized spacial score (nSPS) is 24.7. The molecule has 0 aromatic heterocycles. The molecule has 0 spiro atoms. The van der Waals surface area contributed by atoms with Crippen LogP contribution in [0.3, 0.4) is 0 Å². The Balaban J connectivity index is 1.79. The van der Waals surface area contributed by atoms with Crippen molar-refractivity contribution in [2.75, 3.05) is 38.1 Å². The number of anilines is 1. The third kappa shape index (κ3) is 3.20. The van der Waals surface area contributed by atoms with Crippen LogP contribution in [0.15, 0.2) is 18.2 Å². The predicted octanol–water partition coefficient (Wildman–Crippen LogP) is 3.29. The van der Waals surface area contributed by atoms with E-state index >= 15 is 0 Å². The molecule has 116 valence electrons. The van der Waals surface area contributed by atoms with Gasteiger partial charge in [0.15, 0.2) is 0 Å². The molecule has 1 N–H and O–H groups in total. The molecule has 1 aromatic carbocycles. The van der Waals surface area contributed by atoms with Crippen LogP contribution in [-0.2, 0) is 0 Å². The predicted molar refractivity (Wildman–Crippen MR) is 90.4 cm³/mol. The van der Waals surface area contributed by atoms with Crippen molar-refractivity contribution in [2.24, 2.45) is 0 Å². The highest BCUT2D eigenvalue weighted by Gasteiger charge is 2.29. The molecule has 3 rings (SSSR count). The average molecular weight is 308 g/mol. The minimum atomic E-state index is 0.339. The lowest BCUT2D eigenvalue weighted by molar-refractivity contribution is 0.273. The van der Waals surface area contributed by atoms with Gasteiger partial charge in [-0.3, -0.25) is 4.90 Å². The summed E-state index contributed by atoms with van der Waals surface area (Å²) in [5.74, 6) is 0. The zero-order valence-corrected chi connectivity index (χ0v) is 13.9. The molecule has 2 heterocycles. The second-order valence-corrected chi connectivity index (χ2v) is 6.76. The number of rotatable bonds is 3. The van der Waals surface area contributed by atoms with Crippen molar-refractivity contribution >= 4 is 17.3 Å². The Bertz CT molecular complexity index is 491. The lowest BCUT2D eigenvalue weighted by Gasteiger charge is -2.28. The summed E-state index contributed by atoms with van der Waals surface area (Å²) in [5, 5.41) is 4.16. The fourth-order valence-corrected chi connectivity index (χ4v) is 3.95. The Hall–Kier alpha value is -0.770. The van der Waals surface area contributed by atoms with Gasteiger partial charge >= 0.3 is 0 Å². The maximum atomic E-state index is 6.58. The van der Waals surface area contributed by atoms with Crippen molar-refractivity contribution in [3.8, 4) is 0 Å². The second kappa shape index (κ2) is 6.55. The number of benzene rings is 1. The summed E-state index contributed by atoms with van der Waals surface area (Å²) in [6.07, 6.45) is 3.93. The van der Waals surface area contributed by atoms with Gasteiger partial charge in [0.2, 0.25) is 0 Å². The van der Waals surface area contributed by atoms with Crippen molar-refractivity contribution in [1.29, 1.82) is 0 Å². The number of nitrogens with zero attached hydrogens (tertiary/aromatic N) is 2. The summed E-state index contributed by atoms with van der Waals surface area (Å²) in [6, 6.07) is 7.59. The Morgan fingerprint density at radius 2 is 2.05 bits per heavy atom. The summed E-state index contributed by atoms with van der Waals surface area (Å²) in [5.41, 5.74) is 2.46. The Labute approximate surface area is 133 Å². The van der Waals surface area contributed by atoms with Gasteiger partial charge in [0.1, 0.15) is 0 Å². The van der Waals surface area contributed by atoms with Crippen molar-refractivity contribution in [3.05, 3.63) is 28.8 Å². The smallest absolute Gasteiger partial charge is 0.0642 e. The van der Waals surface area contributed by atoms with Gasteiger partial charge in [-0.25, -0.2) is 0 Å². The molecule has 1 aromatic rings. The van der Waals surface area contributed by atoms with Crippen LogP contribution >= 0.6 is 11.6 Å². The number of hydrogen-bond donors (Lipinski definition) is 1. The third-order valence-electron chi connectivity index (χ3n) is 5.05. The molecule has 3 nitrogen and oxygen atoms in total. The molecule has 2 unspecified atom stereocenters. The number of fused-ring (bicyclic) bond motifs is 1. The molecule has 2 fully saturated rings. The standard InChI is InChI=1S/C17H26ClN3/c1-13(19-2)14-6-7-17(16(18)11-14)21-10-4-9-20-8-3-5-15(20)12-21/h6-7,11,13,15,19H,3-5,8-10,12H2,1-2H3. The molecule has 0 radical (unpaired) electrons. The maximum Gasteiger partial charge on any atom is 0.0642 e. The Morgan fingerprint density at radius 1 is 1.24 bits per heavy atom. The van der Waals surface area contributed by atoms with E-state index in [0.29, 0.717) is 6.04 Å². The van der Waals surface area contributed by atoms with E-state index < -0.39 is 0 Å². The van der Waals surface area contributed by atoms with Crippen LogP contribution in [-0.4, -0.2) is 44.2 Å². The van der Waals surface area contributed by atoms with E-state index in [1.807, 2.05) is 7.05 Å². The molecule has 0 amide bonds. The van der Waals surface area contributed by atoms with Gasteiger partial charge in [0.05, 0.1) is 10.7 Å². The highest BCUT2D eigenvalue weighted by atomic mass is 35.5. The average Bonchev–Trinajstić information content (AvgIpc) is 2.83. The highest BCUT2D eigenvalue weighted by Crippen LogP contribution is 2.32. The quantitative estimate of drug-likeness (QED) is 0.924. The zero-order valence-electron chi connectivity index (χ0n) is 13.1. The molecule has 2 atom stereocenters. The van der Waals surface area contributed by atoms with Gasteiger partial charge in [-0.15, -0.1) is 0 Å². The van der Waals surface area contributed by atoms with E-state index in [1.54, 1.807) is 0 Å². The summed E-state index contributed by atoms with van der Waals surface area (Å²) < 4.78 is 0. The van der Waals surface area contributed by atoms with Crippen molar-refractivity contribution in [2.45, 2.75) is 38.3 Å². The van der Waals surface area contributed by atoms with E-state index in [1.165, 1.54) is 43.6 Å². The number of hydrogen-bond acceptors (Lipinski definition) is 3. The van der Waals surface area contributed by atoms with Crippen molar-refractivity contribution in [3.63, 3.8) is 0 Å². The highest BCUT2D eigenvalue weighted by molar-refractivity contribution is 6.33. The Morgan fingerprint density at radius 3 is 2.81 bits per heavy atom. The molecular formula is C17H26ClN3. The molecule has 0 saturated carbocycles. The summed E-state index contributed by atoms with van der Waals surface area (Å²) in [6.45, 7) is 6.93. The Kier molecular flexibility index (Phi) is 4.72. The minimum Gasteiger partial charge on any atom is -0.369 e. The van der Waals surface area contributed by atoms with Crippen LogP contribution in [0.1, 0.15) is 37.8 Å². The lowest BCUT2D eigenvalue weighted by atomic mass is 10.1. The monoisotopic (exact) mass is 307 g/mol. The van der Waals surface area contributed by atoms with Gasteiger partial charge < -0.3 is 10.2 Å². The van der Waals surface area contributed by atoms with Crippen molar-refractivity contribution < 1.29 is 0 Å². The summed E-state index contributed by atoms with van der Waals surface area (Å²) >= 11 is 6.58. The minimum absolute atomic E-state index is 0.339. The van der Waals surface area contributed by atoms with Crippen LogP contribution < -0.4 is 10.2 Å². The second-order valence-electron chi connectivity index (χ2n) is 6.35. The first-order chi connectivity index (χ1) is 10.2. The van der Waals surface area contributed by atoms with Gasteiger partial charge in [0, 0.05) is 31.7 Å². The lowest BCUT2D eigenvalue weighted by Crippen LogP contribution is -2.36. The van der Waals surface area contributed by atoms with E-state index in [9.17, 15) is 0 Å². The molecule has 2 aliphatic heterocycles. The number of nitrogens with one attached hydrogen (secondary N) is 1. The molecule has 0 aliphatic carbocycles. The molecule has 2 aliphatic rings. The first kappa shape index (κ1) is 15.1. The molecule has 2 saturated heterocycles. The zero-order chi connectivity index (χ0) is 14.8. The van der Waals surface area contributed by atoms with Crippen LogP contribution in [0.4, 0.5) is 5.69 Å². The van der Waals surface area contributed by atoms with Gasteiger partial charge in [0.25, 0.3) is 0 Å². The van der Waals surface area contributed by atoms with Crippen LogP contribution in [0.25, 0.3) is 0 Å². The van der Waals surface area contributed by atoms with Gasteiger partial charge in [-0.1, -0.05) is 17.7 Å². The van der Waals surface area contributed by atoms with E-state index in [4.69, 9.17) is 11.6 Å². The molecule has 0 bridgehead atoms. The molecular weight excluding hydrogens is 282 g/mol. The SMILES string of the molecule is CNC(C)c1ccc(N2CCCN3CCCC3C2)c(Cl)c1. The van der Waals surface area contributed by atoms with Gasteiger partial charge in [-0.2, -0.15) is 0 Å². The fourth-order valence-electron chi connectivity index (χ4n) is 3.64. The summed E-state index contributed by atoms with van der Waals surface area (Å²) in [7, 11) is 1.98. The van der Waals surface area contributed by atoms with Crippen molar-refractivity contribution in [1.82, 2.24) is 10.2 Å². The van der Waals surface area contributed by atoms with Crippen LogP contribution in [0.5, 0.6) is 0 Å². The van der Waals surface area contributed by atoms with Crippen LogP contribution in [0.2, 0.25) is 5.02 Å². The van der Waals surface area contributed by atoms with E-state index in [2.05, 4.69) is 40.2 Å². The molecule has 4 heteroatoms. The van der Waals surface area contributed by atoms with Gasteiger partial charge in [-0.05, 0) is 57.5 Å². The van der Waals surface area contributed by atoms with E-state index in [-0.39, 0.29) is 0 Å². The van der Waals surface area contributed by atoms with Crippen LogP contribution in [0, 0.1) is 0 Å². The number of halogens is 1. The first-order valence-corrected chi connectivity index (χ1v) is 8.52. The first-order valence-electron chi connectivity index (χ1n) is 8.14. The van der Waals surface area contributed by atoms with E-state index in [0.717, 1.165) is 24.2 Å². The fraction of sp³-hybridized carbons (Fsp3) is 0.647. The largest absolute Gasteiger partial charge is 0.369 e. The third-order valence-corrected chi connectivity index (χ3v) is 5.35. The summed E-state index contributed by atoms with van der Waals surface area (Å²) in [4.78, 5) is 5.15. The maximum absolute atomic E-state index is 6.58.